The molecule has 1 saturated heterocycles. The fourth-order valence-electron chi connectivity index (χ4n) is 1.26. The van der Waals surface area contributed by atoms with Gasteiger partial charge in [-0.3, -0.25) is 5.32 Å². The van der Waals surface area contributed by atoms with Crippen molar-refractivity contribution in [2.24, 2.45) is 0 Å². The van der Waals surface area contributed by atoms with Gasteiger partial charge in [0, 0.05) is 27.2 Å². The van der Waals surface area contributed by atoms with Crippen molar-refractivity contribution in [1.82, 2.24) is 5.32 Å². The number of aliphatic hydroxyl groups is 1. The van der Waals surface area contributed by atoms with Gasteiger partial charge in [0.1, 0.15) is 6.23 Å². The second-order valence-corrected chi connectivity index (χ2v) is 2.72. The fourth-order valence-corrected chi connectivity index (χ4v) is 1.26. The molecule has 0 bridgehead atoms. The molecule has 1 aliphatic heterocycles. The predicted octanol–water partition coefficient (Wildman–Crippen LogP) is -0.672. The summed E-state index contributed by atoms with van der Waals surface area (Å²) < 4.78 is 10.2. The maximum absolute atomic E-state index is 9.29. The molecule has 0 aromatic rings. The summed E-state index contributed by atoms with van der Waals surface area (Å²) in [7, 11) is 3.25. The molecular weight excluding hydrogens is 146 g/mol. The first-order valence-corrected chi connectivity index (χ1v) is 3.75. The van der Waals surface area contributed by atoms with Crippen molar-refractivity contribution in [2.75, 3.05) is 20.8 Å². The first-order chi connectivity index (χ1) is 5.27. The molecule has 0 unspecified atom stereocenters. The van der Waals surface area contributed by atoms with Gasteiger partial charge in [-0.25, -0.2) is 0 Å². The average molecular weight is 161 g/mol. The van der Waals surface area contributed by atoms with Gasteiger partial charge in [0.15, 0.2) is 0 Å². The lowest BCUT2D eigenvalue weighted by Gasteiger charge is -2.32. The molecule has 66 valence electrons. The van der Waals surface area contributed by atoms with Crippen LogP contribution in [0.25, 0.3) is 0 Å². The molecule has 0 amide bonds. The van der Waals surface area contributed by atoms with Crippen LogP contribution in [-0.4, -0.2) is 44.3 Å². The molecule has 1 fully saturated rings. The highest BCUT2D eigenvalue weighted by Crippen LogP contribution is 2.12. The first-order valence-electron chi connectivity index (χ1n) is 3.75. The topological polar surface area (TPSA) is 50.7 Å². The van der Waals surface area contributed by atoms with Crippen LogP contribution in [-0.2, 0) is 9.47 Å². The zero-order valence-corrected chi connectivity index (χ0v) is 6.91. The molecule has 4 nitrogen and oxygen atoms in total. The van der Waals surface area contributed by atoms with Crippen LogP contribution < -0.4 is 5.32 Å². The summed E-state index contributed by atoms with van der Waals surface area (Å²) in [5.74, 6) is 0. The Morgan fingerprint density at radius 1 is 1.36 bits per heavy atom. The smallest absolute Gasteiger partial charge is 0.131 e. The monoisotopic (exact) mass is 161 g/mol. The van der Waals surface area contributed by atoms with Gasteiger partial charge in [0.05, 0.1) is 12.2 Å². The van der Waals surface area contributed by atoms with Gasteiger partial charge in [-0.1, -0.05) is 0 Å². The van der Waals surface area contributed by atoms with Gasteiger partial charge in [-0.05, 0) is 0 Å². The van der Waals surface area contributed by atoms with Crippen molar-refractivity contribution in [3.63, 3.8) is 0 Å². The Balaban J connectivity index is 2.37. The zero-order chi connectivity index (χ0) is 8.27. The summed E-state index contributed by atoms with van der Waals surface area (Å²) >= 11 is 0. The third kappa shape index (κ3) is 2.13. The molecular formula is C7H15NO3. The Kier molecular flexibility index (Phi) is 3.26. The van der Waals surface area contributed by atoms with Crippen molar-refractivity contribution < 1.29 is 14.6 Å². The molecule has 11 heavy (non-hydrogen) atoms. The molecule has 0 saturated carbocycles. The van der Waals surface area contributed by atoms with E-state index in [0.717, 1.165) is 6.42 Å². The van der Waals surface area contributed by atoms with Gasteiger partial charge in [0.2, 0.25) is 0 Å². The highest BCUT2D eigenvalue weighted by molar-refractivity contribution is 4.79. The summed E-state index contributed by atoms with van der Waals surface area (Å²) in [6.45, 7) is 0.692. The van der Waals surface area contributed by atoms with Crippen LogP contribution >= 0.6 is 0 Å². The fraction of sp³-hybridized carbons (Fsp3) is 1.00. The maximum Gasteiger partial charge on any atom is 0.131 e. The van der Waals surface area contributed by atoms with Crippen LogP contribution in [0.2, 0.25) is 0 Å². The summed E-state index contributed by atoms with van der Waals surface area (Å²) in [5, 5.41) is 12.2. The summed E-state index contributed by atoms with van der Waals surface area (Å²) in [6.07, 6.45) is 0.213. The number of piperidine rings is 1. The van der Waals surface area contributed by atoms with Gasteiger partial charge in [0.25, 0.3) is 0 Å². The summed E-state index contributed by atoms with van der Waals surface area (Å²) in [4.78, 5) is 0. The van der Waals surface area contributed by atoms with E-state index >= 15 is 0 Å². The van der Waals surface area contributed by atoms with E-state index in [-0.39, 0.29) is 12.2 Å². The number of nitrogens with one attached hydrogen (secondary N) is 1. The highest BCUT2D eigenvalue weighted by atomic mass is 16.5. The van der Waals surface area contributed by atoms with Crippen molar-refractivity contribution in [2.45, 2.75) is 24.9 Å². The van der Waals surface area contributed by atoms with Crippen molar-refractivity contribution in [3.8, 4) is 0 Å². The van der Waals surface area contributed by atoms with E-state index in [1.165, 1.54) is 0 Å². The van der Waals surface area contributed by atoms with Crippen LogP contribution in [0.4, 0.5) is 0 Å². The zero-order valence-electron chi connectivity index (χ0n) is 6.91. The molecule has 0 aliphatic carbocycles. The van der Waals surface area contributed by atoms with E-state index in [1.54, 1.807) is 14.2 Å². The molecule has 2 N–H and O–H groups in total. The first kappa shape index (κ1) is 8.93. The largest absolute Gasteiger partial charge is 0.380 e. The molecule has 1 heterocycles. The minimum absolute atomic E-state index is 0.145. The van der Waals surface area contributed by atoms with Gasteiger partial charge < -0.3 is 14.6 Å². The number of rotatable bonds is 2. The van der Waals surface area contributed by atoms with E-state index < -0.39 is 6.23 Å². The normalized spacial score (nSPS) is 39.0. The molecule has 0 spiro atoms. The minimum atomic E-state index is -0.550. The number of ether oxygens (including phenoxy) is 2. The van der Waals surface area contributed by atoms with Crippen LogP contribution in [0.1, 0.15) is 6.42 Å². The van der Waals surface area contributed by atoms with Crippen molar-refractivity contribution >= 4 is 0 Å². The number of aliphatic hydroxyl groups excluding tert-OH is 1. The van der Waals surface area contributed by atoms with E-state index in [2.05, 4.69) is 5.32 Å². The maximum atomic E-state index is 9.29. The lowest BCUT2D eigenvalue weighted by atomic mass is 10.1. The molecule has 0 aromatic heterocycles. The Bertz CT molecular complexity index is 120. The number of hydrogen-bond acceptors (Lipinski definition) is 4. The summed E-state index contributed by atoms with van der Waals surface area (Å²) in [5.41, 5.74) is 0. The second kappa shape index (κ2) is 4.01. The standard InChI is InChI=1S/C7H15NO3/c1-10-5-3-6(11-2)7(9)8-4-5/h5-9H,3-4H2,1-2H3/t5-,6-,7-/m1/s1. The van der Waals surface area contributed by atoms with Crippen LogP contribution in [0, 0.1) is 0 Å². The molecule has 1 aliphatic rings. The van der Waals surface area contributed by atoms with Gasteiger partial charge >= 0.3 is 0 Å². The van der Waals surface area contributed by atoms with Crippen LogP contribution in [0.5, 0.6) is 0 Å². The average Bonchev–Trinajstić information content (AvgIpc) is 2.05. The van der Waals surface area contributed by atoms with E-state index in [1.807, 2.05) is 0 Å². The predicted molar refractivity (Wildman–Crippen MR) is 40.2 cm³/mol. The quantitative estimate of drug-likeness (QED) is 0.564. The Morgan fingerprint density at radius 2 is 2.09 bits per heavy atom. The van der Waals surface area contributed by atoms with Crippen LogP contribution in [0.3, 0.4) is 0 Å². The molecule has 3 atom stereocenters. The number of hydrogen-bond donors (Lipinski definition) is 2. The third-order valence-corrected chi connectivity index (χ3v) is 2.04. The van der Waals surface area contributed by atoms with Crippen molar-refractivity contribution in [3.05, 3.63) is 0 Å². The summed E-state index contributed by atoms with van der Waals surface area (Å²) in [6, 6.07) is 0. The van der Waals surface area contributed by atoms with E-state index in [9.17, 15) is 5.11 Å². The lowest BCUT2D eigenvalue weighted by Crippen LogP contribution is -2.51. The van der Waals surface area contributed by atoms with E-state index in [4.69, 9.17) is 9.47 Å². The molecule has 0 aromatic carbocycles. The second-order valence-electron chi connectivity index (χ2n) is 2.72. The van der Waals surface area contributed by atoms with Gasteiger partial charge in [-0.15, -0.1) is 0 Å². The van der Waals surface area contributed by atoms with Crippen LogP contribution in [0.15, 0.2) is 0 Å². The molecule has 0 radical (unpaired) electrons. The molecule has 1 rings (SSSR count). The Hall–Kier alpha value is -0.160. The highest BCUT2D eigenvalue weighted by Gasteiger charge is 2.28. The Morgan fingerprint density at radius 3 is 2.64 bits per heavy atom. The van der Waals surface area contributed by atoms with Gasteiger partial charge in [-0.2, -0.15) is 0 Å². The Labute approximate surface area is 66.5 Å². The minimum Gasteiger partial charge on any atom is -0.380 e. The number of methoxy groups -OCH3 is 2. The van der Waals surface area contributed by atoms with E-state index in [0.29, 0.717) is 6.54 Å². The molecule has 4 heteroatoms. The van der Waals surface area contributed by atoms with Crippen molar-refractivity contribution in [1.29, 1.82) is 0 Å². The lowest BCUT2D eigenvalue weighted by molar-refractivity contribution is -0.0867. The third-order valence-electron chi connectivity index (χ3n) is 2.04. The SMILES string of the molecule is CO[C@H]1CN[C@H](O)[C@H](OC)C1.